The lowest BCUT2D eigenvalue weighted by Crippen LogP contribution is -2.16. The van der Waals surface area contributed by atoms with E-state index in [9.17, 15) is 30.0 Å². The van der Waals surface area contributed by atoms with Gasteiger partial charge >= 0.3 is 5.97 Å². The Bertz CT molecular complexity index is 1020. The number of nitrogens with two attached hydrogens (primary N) is 1. The van der Waals surface area contributed by atoms with Gasteiger partial charge in [-0.1, -0.05) is 18.2 Å². The third-order valence-electron chi connectivity index (χ3n) is 4.41. The number of primary amides is 1. The SMILES string of the molecule is Cc1c(C/C=C(/C(O)=C/C(N)=O)N(C)C)c(C(=O)O)c(O)c2c(O)cccc12. The number of benzene rings is 2. The van der Waals surface area contributed by atoms with Crippen LogP contribution in [0.15, 0.2) is 41.8 Å². The number of aryl methyl sites for hydroxylation is 1. The molecule has 2 aromatic rings. The summed E-state index contributed by atoms with van der Waals surface area (Å²) in [6.45, 7) is 1.69. The molecule has 2 aromatic carbocycles. The first-order valence-electron chi connectivity index (χ1n) is 8.33. The van der Waals surface area contributed by atoms with Crippen LogP contribution in [0, 0.1) is 6.92 Å². The average molecular weight is 386 g/mol. The molecular formula is C20H22N2O6. The Morgan fingerprint density at radius 3 is 2.36 bits per heavy atom. The lowest BCUT2D eigenvalue weighted by molar-refractivity contribution is -0.113. The normalized spacial score (nSPS) is 12.2. The number of carboxylic acid groups (broad SMARTS) is 1. The molecule has 0 bridgehead atoms. The van der Waals surface area contributed by atoms with Gasteiger partial charge in [-0.2, -0.15) is 0 Å². The van der Waals surface area contributed by atoms with Crippen molar-refractivity contribution in [2.45, 2.75) is 13.3 Å². The zero-order valence-corrected chi connectivity index (χ0v) is 15.7. The highest BCUT2D eigenvalue weighted by atomic mass is 16.4. The molecule has 0 aliphatic carbocycles. The highest BCUT2D eigenvalue weighted by Gasteiger charge is 2.23. The van der Waals surface area contributed by atoms with Gasteiger partial charge in [0.15, 0.2) is 0 Å². The van der Waals surface area contributed by atoms with Crippen molar-refractivity contribution in [2.75, 3.05) is 14.1 Å². The molecule has 0 aliphatic rings. The van der Waals surface area contributed by atoms with Crippen molar-refractivity contribution in [1.82, 2.24) is 4.90 Å². The number of fused-ring (bicyclic) bond motifs is 1. The predicted molar refractivity (Wildman–Crippen MR) is 104 cm³/mol. The van der Waals surface area contributed by atoms with E-state index in [2.05, 4.69) is 0 Å². The zero-order valence-electron chi connectivity index (χ0n) is 15.7. The van der Waals surface area contributed by atoms with Gasteiger partial charge in [0.1, 0.15) is 22.8 Å². The van der Waals surface area contributed by atoms with Crippen molar-refractivity contribution >= 4 is 22.6 Å². The largest absolute Gasteiger partial charge is 0.507 e. The number of aromatic hydroxyl groups is 2. The molecular weight excluding hydrogens is 364 g/mol. The van der Waals surface area contributed by atoms with E-state index < -0.39 is 17.6 Å². The van der Waals surface area contributed by atoms with Gasteiger partial charge in [-0.3, -0.25) is 4.79 Å². The number of carboxylic acids is 1. The standard InChI is InChI=1S/C20H22N2O6/c1-10-11-5-4-6-14(23)17(11)19(26)18(20(27)28)12(10)7-8-13(22(2)3)15(24)9-16(21)25/h4-6,8-9,23-24,26H,7H2,1-3H3,(H2,21,25)(H,27,28)/b13-8-,15-9-. The summed E-state index contributed by atoms with van der Waals surface area (Å²) in [5.41, 5.74) is 5.87. The zero-order chi connectivity index (χ0) is 21.2. The summed E-state index contributed by atoms with van der Waals surface area (Å²) in [7, 11) is 3.27. The van der Waals surface area contributed by atoms with Crippen LogP contribution in [0.1, 0.15) is 21.5 Å². The molecule has 0 saturated carbocycles. The highest BCUT2D eigenvalue weighted by Crippen LogP contribution is 2.40. The van der Waals surface area contributed by atoms with E-state index in [1.807, 2.05) is 0 Å². The van der Waals surface area contributed by atoms with Crippen LogP contribution in [0.3, 0.4) is 0 Å². The maximum absolute atomic E-state index is 11.8. The molecule has 0 spiro atoms. The first kappa shape index (κ1) is 20.6. The maximum atomic E-state index is 11.8. The molecule has 28 heavy (non-hydrogen) atoms. The van der Waals surface area contributed by atoms with Crippen molar-refractivity contribution in [3.8, 4) is 11.5 Å². The molecule has 8 nitrogen and oxygen atoms in total. The molecule has 0 unspecified atom stereocenters. The fourth-order valence-electron chi connectivity index (χ4n) is 3.13. The summed E-state index contributed by atoms with van der Waals surface area (Å²) in [6, 6.07) is 4.63. The fourth-order valence-corrected chi connectivity index (χ4v) is 3.13. The quantitative estimate of drug-likeness (QED) is 0.291. The summed E-state index contributed by atoms with van der Waals surface area (Å²) >= 11 is 0. The van der Waals surface area contributed by atoms with Gasteiger partial charge in [0, 0.05) is 20.2 Å². The third-order valence-corrected chi connectivity index (χ3v) is 4.41. The molecule has 1 amide bonds. The van der Waals surface area contributed by atoms with Crippen LogP contribution in [0.5, 0.6) is 11.5 Å². The molecule has 0 heterocycles. The lowest BCUT2D eigenvalue weighted by Gasteiger charge is -2.18. The van der Waals surface area contributed by atoms with Gasteiger partial charge < -0.3 is 31.1 Å². The fraction of sp³-hybridized carbons (Fsp3) is 0.200. The number of carbonyl (C=O) groups excluding carboxylic acids is 1. The number of aromatic carboxylic acids is 1. The second-order valence-corrected chi connectivity index (χ2v) is 6.45. The minimum Gasteiger partial charge on any atom is -0.507 e. The van der Waals surface area contributed by atoms with Crippen LogP contribution >= 0.6 is 0 Å². The van der Waals surface area contributed by atoms with Crippen molar-refractivity contribution in [1.29, 1.82) is 0 Å². The number of likely N-dealkylation sites (N-methyl/N-ethyl adjacent to an activating group) is 1. The monoisotopic (exact) mass is 386 g/mol. The second-order valence-electron chi connectivity index (χ2n) is 6.45. The molecule has 0 aliphatic heterocycles. The molecule has 6 N–H and O–H groups in total. The topological polar surface area (TPSA) is 144 Å². The summed E-state index contributed by atoms with van der Waals surface area (Å²) in [4.78, 5) is 24.4. The number of hydrogen-bond acceptors (Lipinski definition) is 6. The molecule has 8 heteroatoms. The molecule has 0 aromatic heterocycles. The van der Waals surface area contributed by atoms with E-state index in [0.717, 1.165) is 6.08 Å². The highest BCUT2D eigenvalue weighted by molar-refractivity contribution is 6.05. The second kappa shape index (κ2) is 7.91. The van der Waals surface area contributed by atoms with Gasteiger partial charge in [0.2, 0.25) is 5.91 Å². The molecule has 0 fully saturated rings. The summed E-state index contributed by atoms with van der Waals surface area (Å²) < 4.78 is 0. The Hall–Kier alpha value is -3.68. The number of aliphatic hydroxyl groups is 1. The van der Waals surface area contributed by atoms with Gasteiger partial charge in [0.25, 0.3) is 0 Å². The van der Waals surface area contributed by atoms with Crippen molar-refractivity contribution < 1.29 is 30.0 Å². The van der Waals surface area contributed by atoms with E-state index in [4.69, 9.17) is 5.73 Å². The lowest BCUT2D eigenvalue weighted by atomic mass is 9.91. The molecule has 0 radical (unpaired) electrons. The van der Waals surface area contributed by atoms with E-state index in [-0.39, 0.29) is 34.6 Å². The Balaban J connectivity index is 2.73. The first-order chi connectivity index (χ1) is 13.1. The van der Waals surface area contributed by atoms with Crippen LogP contribution in [-0.4, -0.2) is 51.3 Å². The third kappa shape index (κ3) is 3.85. The smallest absolute Gasteiger partial charge is 0.339 e. The van der Waals surface area contributed by atoms with E-state index in [0.29, 0.717) is 16.5 Å². The van der Waals surface area contributed by atoms with Crippen molar-refractivity contribution in [3.05, 3.63) is 58.5 Å². The number of aliphatic hydroxyl groups excluding tert-OH is 1. The summed E-state index contributed by atoms with van der Waals surface area (Å²) in [5, 5.41) is 40.9. The van der Waals surface area contributed by atoms with Gasteiger partial charge in [0.05, 0.1) is 11.1 Å². The number of rotatable bonds is 6. The number of nitrogens with zero attached hydrogens (tertiary/aromatic N) is 1. The van der Waals surface area contributed by atoms with Crippen LogP contribution in [0.4, 0.5) is 0 Å². The maximum Gasteiger partial charge on any atom is 0.339 e. The Morgan fingerprint density at radius 1 is 1.18 bits per heavy atom. The van der Waals surface area contributed by atoms with Crippen LogP contribution in [0.25, 0.3) is 10.8 Å². The number of allylic oxidation sites excluding steroid dienone is 1. The summed E-state index contributed by atoms with van der Waals surface area (Å²) in [5.74, 6) is -3.30. The molecule has 0 saturated heterocycles. The average Bonchev–Trinajstić information content (AvgIpc) is 2.57. The Kier molecular flexibility index (Phi) is 5.83. The van der Waals surface area contributed by atoms with Gasteiger partial charge in [-0.15, -0.1) is 0 Å². The molecule has 0 atom stereocenters. The Morgan fingerprint density at radius 2 is 1.82 bits per heavy atom. The van der Waals surface area contributed by atoms with E-state index in [1.54, 1.807) is 33.2 Å². The van der Waals surface area contributed by atoms with Gasteiger partial charge in [-0.05, 0) is 35.9 Å². The molecule has 148 valence electrons. The first-order valence-corrected chi connectivity index (χ1v) is 8.33. The van der Waals surface area contributed by atoms with Crippen molar-refractivity contribution in [3.63, 3.8) is 0 Å². The number of phenolic OH excluding ortho intramolecular Hbond substituents is 1. The van der Waals surface area contributed by atoms with Crippen molar-refractivity contribution in [2.24, 2.45) is 5.73 Å². The molecule has 2 rings (SSSR count). The minimum atomic E-state index is -1.35. The number of phenols is 2. The van der Waals surface area contributed by atoms with Gasteiger partial charge in [-0.25, -0.2) is 4.79 Å². The number of amides is 1. The van der Waals surface area contributed by atoms with Crippen LogP contribution < -0.4 is 5.73 Å². The number of hydrogen-bond donors (Lipinski definition) is 5. The predicted octanol–water partition coefficient (Wildman–Crippen LogP) is 2.17. The van der Waals surface area contributed by atoms with E-state index >= 15 is 0 Å². The number of carbonyl (C=O) groups is 2. The van der Waals surface area contributed by atoms with Crippen LogP contribution in [-0.2, 0) is 11.2 Å². The van der Waals surface area contributed by atoms with Crippen LogP contribution in [0.2, 0.25) is 0 Å². The van der Waals surface area contributed by atoms with E-state index in [1.165, 1.54) is 17.0 Å². The summed E-state index contributed by atoms with van der Waals surface area (Å²) in [6.07, 6.45) is 2.42. The Labute approximate surface area is 161 Å². The minimum absolute atomic E-state index is 0.0385.